The van der Waals surface area contributed by atoms with Crippen LogP contribution in [0.2, 0.25) is 0 Å². The van der Waals surface area contributed by atoms with Crippen LogP contribution in [-0.2, 0) is 3.63 Å². The molecule has 0 aromatic heterocycles. The first-order chi connectivity index (χ1) is 4.41. The molecule has 0 aliphatic heterocycles. The third-order valence-electron chi connectivity index (χ3n) is 0.910. The van der Waals surface area contributed by atoms with Gasteiger partial charge in [-0.3, -0.25) is 0 Å². The van der Waals surface area contributed by atoms with Gasteiger partial charge in [0.05, 0.1) is 0 Å². The number of hydrogen-bond acceptors (Lipinski definition) is 4. The first-order valence-electron chi connectivity index (χ1n) is 3.01. The minimum atomic E-state index is 0.423. The number of unbranched alkanes of at least 4 members (excludes halogenated alkanes) is 2. The molecule has 0 heterocycles. The van der Waals surface area contributed by atoms with Gasteiger partial charge in [-0.2, -0.15) is 0 Å². The van der Waals surface area contributed by atoms with Crippen LogP contribution in [0.3, 0.4) is 0 Å². The van der Waals surface area contributed by atoms with Crippen molar-refractivity contribution in [3.05, 3.63) is 0 Å². The Hall–Kier alpha value is 0.620. The Bertz CT molecular complexity index is 46.2. The van der Waals surface area contributed by atoms with E-state index >= 15 is 0 Å². The highest BCUT2D eigenvalue weighted by Crippen LogP contribution is 2.13. The van der Waals surface area contributed by atoms with Crippen molar-refractivity contribution in [2.45, 2.75) is 26.2 Å². The van der Waals surface area contributed by atoms with Gasteiger partial charge in [-0.1, -0.05) is 19.8 Å². The van der Waals surface area contributed by atoms with E-state index in [-0.39, 0.29) is 0 Å². The largest absolute Gasteiger partial charge is 0.306 e. The van der Waals surface area contributed by atoms with E-state index in [2.05, 4.69) is 10.6 Å². The minimum absolute atomic E-state index is 0.423. The number of rotatable bonds is 6. The molecule has 0 fully saturated rings. The van der Waals surface area contributed by atoms with Crippen LogP contribution in [0.5, 0.6) is 0 Å². The van der Waals surface area contributed by atoms with E-state index in [1.54, 1.807) is 0 Å². The second-order valence-corrected chi connectivity index (χ2v) is 3.01. The fraction of sp³-hybridized carbons (Fsp3) is 1.00. The van der Waals surface area contributed by atoms with E-state index in [1.807, 2.05) is 0 Å². The maximum Gasteiger partial charge on any atom is 0.168 e. The molecule has 1 N–H and O–H groups in total. The van der Waals surface area contributed by atoms with Gasteiger partial charge < -0.3 is 4.55 Å². The van der Waals surface area contributed by atoms with Crippen molar-refractivity contribution in [3.63, 3.8) is 0 Å². The molecule has 0 saturated carbocycles. The molecule has 4 heteroatoms. The zero-order valence-electron chi connectivity index (χ0n) is 5.50. The molecule has 56 valence electrons. The summed E-state index contributed by atoms with van der Waals surface area (Å²) in [7, 11) is 0. The summed E-state index contributed by atoms with van der Waals surface area (Å²) >= 11 is 1.73. The maximum absolute atomic E-state index is 8.10. The summed E-state index contributed by atoms with van der Waals surface area (Å²) in [4.78, 5) is 0. The van der Waals surface area contributed by atoms with Gasteiger partial charge >= 0.3 is 0 Å². The quantitative estimate of drug-likeness (QED) is 0.488. The summed E-state index contributed by atoms with van der Waals surface area (Å²) in [5.41, 5.74) is 0. The van der Waals surface area contributed by atoms with Crippen LogP contribution < -0.4 is 0 Å². The summed E-state index contributed by atoms with van der Waals surface area (Å²) in [5.74, 6) is 0.974. The second kappa shape index (κ2) is 8.62. The second-order valence-electron chi connectivity index (χ2n) is 1.67. The third kappa shape index (κ3) is 8.62. The highest BCUT2D eigenvalue weighted by Gasteiger charge is 1.87. The molecule has 0 amide bonds. The van der Waals surface area contributed by atoms with Crippen LogP contribution in [-0.4, -0.2) is 10.3 Å². The van der Waals surface area contributed by atoms with Crippen molar-refractivity contribution in [2.24, 2.45) is 0 Å². The van der Waals surface area contributed by atoms with E-state index in [1.165, 1.54) is 31.3 Å². The molecule has 0 rings (SSSR count). The molecule has 0 unspecified atom stereocenters. The van der Waals surface area contributed by atoms with Gasteiger partial charge in [0.1, 0.15) is 0 Å². The van der Waals surface area contributed by atoms with Gasteiger partial charge in [0.2, 0.25) is 0 Å². The van der Waals surface area contributed by atoms with E-state index < -0.39 is 0 Å². The van der Waals surface area contributed by atoms with Crippen molar-refractivity contribution in [1.29, 1.82) is 0 Å². The minimum Gasteiger partial charge on any atom is -0.306 e. The fourth-order valence-corrected chi connectivity index (χ4v) is 1.23. The molecule has 0 radical (unpaired) electrons. The molecule has 0 aliphatic carbocycles. The van der Waals surface area contributed by atoms with E-state index in [9.17, 15) is 0 Å². The van der Waals surface area contributed by atoms with E-state index in [4.69, 9.17) is 4.55 Å². The Labute approximate surface area is 65.0 Å². The molecular weight excluding hydrogens is 156 g/mol. The average molecular weight is 168 g/mol. The molecule has 0 bridgehead atoms. The molecule has 0 atom stereocenters. The summed E-state index contributed by atoms with van der Waals surface area (Å²) in [6.45, 7) is 2.16. The molecular formula is C5H12O2S2. The lowest BCUT2D eigenvalue weighted by molar-refractivity contribution is 0.581. The summed E-state index contributed by atoms with van der Waals surface area (Å²) in [6, 6.07) is 0. The molecule has 0 saturated heterocycles. The van der Waals surface area contributed by atoms with Gasteiger partial charge in [-0.15, -0.1) is 0 Å². The topological polar surface area (TPSA) is 29.5 Å². The van der Waals surface area contributed by atoms with Crippen LogP contribution >= 0.6 is 24.4 Å². The van der Waals surface area contributed by atoms with Crippen LogP contribution in [0, 0.1) is 0 Å². The van der Waals surface area contributed by atoms with Crippen molar-refractivity contribution < 1.29 is 8.18 Å². The van der Waals surface area contributed by atoms with Crippen LogP contribution in [0.25, 0.3) is 0 Å². The standard InChI is InChI=1S/C5H12O2S2/c1-2-3-4-5-8-7-9-6/h6H,2-5H2,1H3. The lowest BCUT2D eigenvalue weighted by Gasteiger charge is -1.94. The van der Waals surface area contributed by atoms with Gasteiger partial charge in [-0.05, 0) is 6.42 Å². The lowest BCUT2D eigenvalue weighted by Crippen LogP contribution is -1.77. The van der Waals surface area contributed by atoms with Crippen LogP contribution in [0.15, 0.2) is 0 Å². The fourth-order valence-electron chi connectivity index (χ4n) is 0.467. The maximum atomic E-state index is 8.10. The SMILES string of the molecule is CCCCCSOSO. The van der Waals surface area contributed by atoms with Crippen molar-refractivity contribution in [3.8, 4) is 0 Å². The molecule has 0 aromatic carbocycles. The number of hydrogen-bond donors (Lipinski definition) is 1. The Morgan fingerprint density at radius 3 is 2.78 bits per heavy atom. The predicted octanol–water partition coefficient (Wildman–Crippen LogP) is 2.96. The van der Waals surface area contributed by atoms with Crippen molar-refractivity contribution in [2.75, 3.05) is 5.75 Å². The highest BCUT2D eigenvalue weighted by molar-refractivity contribution is 8.05. The van der Waals surface area contributed by atoms with Crippen molar-refractivity contribution in [1.82, 2.24) is 0 Å². The molecule has 0 aliphatic rings. The normalized spacial score (nSPS) is 10.0. The van der Waals surface area contributed by atoms with Crippen LogP contribution in [0.4, 0.5) is 0 Å². The van der Waals surface area contributed by atoms with E-state index in [0.29, 0.717) is 12.3 Å². The smallest absolute Gasteiger partial charge is 0.168 e. The lowest BCUT2D eigenvalue weighted by atomic mass is 10.3. The molecule has 2 nitrogen and oxygen atoms in total. The monoisotopic (exact) mass is 168 g/mol. The Balaban J connectivity index is 2.60. The Morgan fingerprint density at radius 1 is 1.44 bits per heavy atom. The third-order valence-corrected chi connectivity index (χ3v) is 1.99. The Morgan fingerprint density at radius 2 is 2.22 bits per heavy atom. The summed E-state index contributed by atoms with van der Waals surface area (Å²) < 4.78 is 12.7. The van der Waals surface area contributed by atoms with Crippen molar-refractivity contribution >= 4 is 24.4 Å². The predicted molar refractivity (Wildman–Crippen MR) is 43.3 cm³/mol. The first kappa shape index (κ1) is 9.62. The molecule has 0 spiro atoms. The van der Waals surface area contributed by atoms with E-state index in [0.717, 1.165) is 5.75 Å². The zero-order valence-corrected chi connectivity index (χ0v) is 7.13. The first-order valence-corrected chi connectivity index (χ1v) is 4.62. The highest BCUT2D eigenvalue weighted by atomic mass is 32.2. The Kier molecular flexibility index (Phi) is 9.21. The zero-order chi connectivity index (χ0) is 6.95. The van der Waals surface area contributed by atoms with Gasteiger partial charge in [0.15, 0.2) is 12.3 Å². The van der Waals surface area contributed by atoms with Gasteiger partial charge in [-0.25, -0.2) is 3.63 Å². The van der Waals surface area contributed by atoms with Gasteiger partial charge in [0.25, 0.3) is 0 Å². The van der Waals surface area contributed by atoms with Crippen LogP contribution in [0.1, 0.15) is 26.2 Å². The molecule has 0 aromatic rings. The summed E-state index contributed by atoms with van der Waals surface area (Å²) in [5, 5.41) is 0. The average Bonchev–Trinajstić information content (AvgIpc) is 1.89. The molecule has 9 heavy (non-hydrogen) atoms. The van der Waals surface area contributed by atoms with Gasteiger partial charge in [0, 0.05) is 17.8 Å². The summed E-state index contributed by atoms with van der Waals surface area (Å²) in [6.07, 6.45) is 3.64.